The van der Waals surface area contributed by atoms with Gasteiger partial charge in [0.1, 0.15) is 0 Å². The van der Waals surface area contributed by atoms with E-state index >= 15 is 0 Å². The fourth-order valence-corrected chi connectivity index (χ4v) is 2.00. The minimum atomic E-state index is -0.229. The molecule has 0 spiro atoms. The molecule has 2 aromatic carbocycles. The van der Waals surface area contributed by atoms with Crippen molar-refractivity contribution in [2.24, 2.45) is 0 Å². The van der Waals surface area contributed by atoms with Gasteiger partial charge in [0.05, 0.1) is 0 Å². The van der Waals surface area contributed by atoms with E-state index in [0.29, 0.717) is 28.4 Å². The summed E-state index contributed by atoms with van der Waals surface area (Å²) in [5.41, 5.74) is 2.77. The molecule has 114 valence electrons. The lowest BCUT2D eigenvalue weighted by Gasteiger charge is -2.08. The van der Waals surface area contributed by atoms with Crippen molar-refractivity contribution in [3.8, 4) is 0 Å². The van der Waals surface area contributed by atoms with Gasteiger partial charge >= 0.3 is 0 Å². The van der Waals surface area contributed by atoms with Gasteiger partial charge in [0.15, 0.2) is 0 Å². The Balaban J connectivity index is 2.05. The lowest BCUT2D eigenvalue weighted by molar-refractivity contribution is -0.115. The number of carbonyl (C=O) groups excluding carboxylic acids is 2. The quantitative estimate of drug-likeness (QED) is 0.886. The average Bonchev–Trinajstić information content (AvgIpc) is 2.51. The van der Waals surface area contributed by atoms with Crippen LogP contribution >= 0.6 is 11.6 Å². The van der Waals surface area contributed by atoms with Crippen molar-refractivity contribution < 1.29 is 9.59 Å². The number of carbonyl (C=O) groups is 2. The Kier molecular flexibility index (Phi) is 5.17. The molecule has 5 heteroatoms. The molecule has 0 aliphatic rings. The molecule has 0 fully saturated rings. The summed E-state index contributed by atoms with van der Waals surface area (Å²) in [4.78, 5) is 23.4. The van der Waals surface area contributed by atoms with Gasteiger partial charge in [-0.15, -0.1) is 0 Å². The second-order valence-corrected chi connectivity index (χ2v) is 5.30. The van der Waals surface area contributed by atoms with Crippen LogP contribution in [0, 0.1) is 6.92 Å². The van der Waals surface area contributed by atoms with Crippen LogP contribution in [0.2, 0.25) is 5.02 Å². The van der Waals surface area contributed by atoms with Crippen molar-refractivity contribution in [1.82, 2.24) is 0 Å². The van der Waals surface area contributed by atoms with Gasteiger partial charge < -0.3 is 10.6 Å². The first-order valence-electron chi connectivity index (χ1n) is 6.97. The van der Waals surface area contributed by atoms with Crippen LogP contribution in [-0.2, 0) is 4.79 Å². The lowest BCUT2D eigenvalue weighted by atomic mass is 10.1. The number of halogens is 1. The molecule has 0 aliphatic heterocycles. The Morgan fingerprint density at radius 3 is 2.14 bits per heavy atom. The molecule has 0 saturated carbocycles. The maximum absolute atomic E-state index is 12.1. The Morgan fingerprint density at radius 1 is 1.00 bits per heavy atom. The van der Waals surface area contributed by atoms with Crippen LogP contribution in [0.15, 0.2) is 42.5 Å². The molecule has 0 aromatic heterocycles. The smallest absolute Gasteiger partial charge is 0.255 e. The van der Waals surface area contributed by atoms with Crippen LogP contribution in [-0.4, -0.2) is 11.8 Å². The molecule has 0 bridgehead atoms. The van der Waals surface area contributed by atoms with Crippen LogP contribution < -0.4 is 10.6 Å². The van der Waals surface area contributed by atoms with E-state index < -0.39 is 0 Å². The number of rotatable bonds is 4. The molecule has 0 heterocycles. The van der Waals surface area contributed by atoms with Crippen molar-refractivity contribution in [3.05, 3.63) is 58.6 Å². The third-order valence-electron chi connectivity index (χ3n) is 3.18. The van der Waals surface area contributed by atoms with E-state index in [1.165, 1.54) is 0 Å². The van der Waals surface area contributed by atoms with Gasteiger partial charge in [-0.3, -0.25) is 9.59 Å². The Morgan fingerprint density at radius 2 is 1.59 bits per heavy atom. The zero-order valence-electron chi connectivity index (χ0n) is 12.4. The van der Waals surface area contributed by atoms with Crippen molar-refractivity contribution in [3.63, 3.8) is 0 Å². The van der Waals surface area contributed by atoms with E-state index in [1.54, 1.807) is 49.4 Å². The van der Waals surface area contributed by atoms with E-state index in [2.05, 4.69) is 10.6 Å². The number of amides is 2. The highest BCUT2D eigenvalue weighted by atomic mass is 35.5. The maximum atomic E-state index is 12.1. The molecule has 4 nitrogen and oxygen atoms in total. The van der Waals surface area contributed by atoms with Crippen molar-refractivity contribution in [1.29, 1.82) is 0 Å². The minimum absolute atomic E-state index is 0.0499. The Hall–Kier alpha value is -2.33. The topological polar surface area (TPSA) is 58.2 Å². The highest BCUT2D eigenvalue weighted by Gasteiger charge is 2.08. The maximum Gasteiger partial charge on any atom is 0.255 e. The summed E-state index contributed by atoms with van der Waals surface area (Å²) in [5.74, 6) is -0.279. The van der Waals surface area contributed by atoms with Gasteiger partial charge in [-0.1, -0.05) is 24.6 Å². The Labute approximate surface area is 134 Å². The zero-order chi connectivity index (χ0) is 16.1. The Bertz CT molecular complexity index is 696. The van der Waals surface area contributed by atoms with E-state index in [-0.39, 0.29) is 11.8 Å². The number of hydrogen-bond donors (Lipinski definition) is 2. The molecule has 2 rings (SSSR count). The van der Waals surface area contributed by atoms with Crippen LogP contribution in [0.4, 0.5) is 11.4 Å². The summed E-state index contributed by atoms with van der Waals surface area (Å²) >= 11 is 6.02. The number of aryl methyl sites for hydroxylation is 1. The molecule has 22 heavy (non-hydrogen) atoms. The summed E-state index contributed by atoms with van der Waals surface area (Å²) in [6, 6.07) is 12.1. The van der Waals surface area contributed by atoms with E-state index in [4.69, 9.17) is 11.6 Å². The van der Waals surface area contributed by atoms with E-state index in [1.807, 2.05) is 6.92 Å². The van der Waals surface area contributed by atoms with Crippen LogP contribution in [0.5, 0.6) is 0 Å². The average molecular weight is 317 g/mol. The standard InChI is InChI=1S/C17H17ClN2O2/c1-3-16(21)19-13-6-8-14(9-7-13)20-17(22)12-5-4-11(2)15(18)10-12/h4-10H,3H2,1-2H3,(H,19,21)(H,20,22). The number of nitrogens with one attached hydrogen (secondary N) is 2. The molecule has 0 atom stereocenters. The second-order valence-electron chi connectivity index (χ2n) is 4.90. The summed E-state index contributed by atoms with van der Waals surface area (Å²) in [7, 11) is 0. The van der Waals surface area contributed by atoms with Gasteiger partial charge in [-0.2, -0.15) is 0 Å². The highest BCUT2D eigenvalue weighted by Crippen LogP contribution is 2.19. The van der Waals surface area contributed by atoms with Crippen LogP contribution in [0.1, 0.15) is 29.3 Å². The second kappa shape index (κ2) is 7.09. The molecule has 2 N–H and O–H groups in total. The van der Waals surface area contributed by atoms with E-state index in [9.17, 15) is 9.59 Å². The molecule has 2 aromatic rings. The molecule has 0 saturated heterocycles. The normalized spacial score (nSPS) is 10.1. The van der Waals surface area contributed by atoms with E-state index in [0.717, 1.165) is 5.56 Å². The SMILES string of the molecule is CCC(=O)Nc1ccc(NC(=O)c2ccc(C)c(Cl)c2)cc1. The van der Waals surface area contributed by atoms with Gasteiger partial charge in [0, 0.05) is 28.4 Å². The molecule has 0 aliphatic carbocycles. The highest BCUT2D eigenvalue weighted by molar-refractivity contribution is 6.31. The third kappa shape index (κ3) is 4.09. The predicted molar refractivity (Wildman–Crippen MR) is 89.5 cm³/mol. The minimum Gasteiger partial charge on any atom is -0.326 e. The third-order valence-corrected chi connectivity index (χ3v) is 3.59. The molecule has 0 radical (unpaired) electrons. The molecule has 0 unspecified atom stereocenters. The first-order chi connectivity index (χ1) is 10.5. The predicted octanol–water partition coefficient (Wildman–Crippen LogP) is 4.25. The summed E-state index contributed by atoms with van der Waals surface area (Å²) in [6.45, 7) is 3.67. The fourth-order valence-electron chi connectivity index (χ4n) is 1.82. The van der Waals surface area contributed by atoms with Crippen LogP contribution in [0.3, 0.4) is 0 Å². The molecule has 2 amide bonds. The summed E-state index contributed by atoms with van der Waals surface area (Å²) < 4.78 is 0. The van der Waals surface area contributed by atoms with Crippen LogP contribution in [0.25, 0.3) is 0 Å². The largest absolute Gasteiger partial charge is 0.326 e. The van der Waals surface area contributed by atoms with Crippen molar-refractivity contribution in [2.75, 3.05) is 10.6 Å². The first kappa shape index (κ1) is 16.0. The number of benzene rings is 2. The summed E-state index contributed by atoms with van der Waals surface area (Å²) in [5, 5.41) is 6.10. The zero-order valence-corrected chi connectivity index (χ0v) is 13.2. The van der Waals surface area contributed by atoms with Gasteiger partial charge in [0.25, 0.3) is 5.91 Å². The number of hydrogen-bond acceptors (Lipinski definition) is 2. The molecular formula is C17H17ClN2O2. The lowest BCUT2D eigenvalue weighted by Crippen LogP contribution is -2.12. The van der Waals surface area contributed by atoms with Gasteiger partial charge in [-0.25, -0.2) is 0 Å². The summed E-state index contributed by atoms with van der Waals surface area (Å²) in [6.07, 6.45) is 0.423. The number of anilines is 2. The van der Waals surface area contributed by atoms with Gasteiger partial charge in [-0.05, 0) is 48.9 Å². The monoisotopic (exact) mass is 316 g/mol. The molecular weight excluding hydrogens is 300 g/mol. The van der Waals surface area contributed by atoms with Crippen molar-refractivity contribution in [2.45, 2.75) is 20.3 Å². The van der Waals surface area contributed by atoms with Gasteiger partial charge in [0.2, 0.25) is 5.91 Å². The first-order valence-corrected chi connectivity index (χ1v) is 7.35. The van der Waals surface area contributed by atoms with Crippen molar-refractivity contribution >= 4 is 34.8 Å². The fraction of sp³-hybridized carbons (Fsp3) is 0.176.